The Morgan fingerprint density at radius 3 is 2.74 bits per heavy atom. The number of amides is 1. The monoisotopic (exact) mass is 502 g/mol. The molecule has 0 aliphatic carbocycles. The predicted octanol–water partition coefficient (Wildman–Crippen LogP) is 5.69. The zero-order valence-corrected chi connectivity index (χ0v) is 20.0. The molecule has 5 rings (SSSR count). The van der Waals surface area contributed by atoms with E-state index >= 15 is 0 Å². The Morgan fingerprint density at radius 2 is 2.06 bits per heavy atom. The SMILES string of the molecule is CC(c1ccc(Cl)cc1C(F)(F)F)n1cnc2ccc(C3=CCN(C(=O)[C@H]4CCCN4)CC3)cc21. The molecule has 2 aliphatic rings. The quantitative estimate of drug-likeness (QED) is 0.499. The van der Waals surface area contributed by atoms with Crippen LogP contribution in [0.15, 0.2) is 48.8 Å². The second kappa shape index (κ2) is 9.32. The van der Waals surface area contributed by atoms with Crippen molar-refractivity contribution in [1.82, 2.24) is 19.8 Å². The lowest BCUT2D eigenvalue weighted by Gasteiger charge is -2.29. The highest BCUT2D eigenvalue weighted by atomic mass is 35.5. The molecule has 1 fully saturated rings. The van der Waals surface area contributed by atoms with Crippen molar-refractivity contribution in [3.8, 4) is 0 Å². The van der Waals surface area contributed by atoms with Gasteiger partial charge in [0.1, 0.15) is 0 Å². The summed E-state index contributed by atoms with van der Waals surface area (Å²) in [7, 11) is 0. The van der Waals surface area contributed by atoms with E-state index in [4.69, 9.17) is 11.6 Å². The third-order valence-corrected chi connectivity index (χ3v) is 7.25. The molecule has 184 valence electrons. The van der Waals surface area contributed by atoms with E-state index in [2.05, 4.69) is 16.4 Å². The van der Waals surface area contributed by atoms with Crippen molar-refractivity contribution >= 4 is 34.1 Å². The lowest BCUT2D eigenvalue weighted by Crippen LogP contribution is -2.45. The molecule has 0 spiro atoms. The Labute approximate surface area is 206 Å². The summed E-state index contributed by atoms with van der Waals surface area (Å²) in [6, 6.07) is 9.05. The lowest BCUT2D eigenvalue weighted by molar-refractivity contribution is -0.138. The molecule has 1 unspecified atom stereocenters. The van der Waals surface area contributed by atoms with Crippen molar-refractivity contribution in [3.05, 3.63) is 70.5 Å². The second-order valence-corrected chi connectivity index (χ2v) is 9.61. The Hall–Kier alpha value is -2.84. The number of rotatable bonds is 4. The summed E-state index contributed by atoms with van der Waals surface area (Å²) in [4.78, 5) is 19.0. The fourth-order valence-corrected chi connectivity index (χ4v) is 5.24. The lowest BCUT2D eigenvalue weighted by atomic mass is 9.98. The topological polar surface area (TPSA) is 50.2 Å². The number of alkyl halides is 3. The number of carbonyl (C=O) groups excluding carboxylic acids is 1. The van der Waals surface area contributed by atoms with Crippen LogP contribution in [-0.4, -0.2) is 46.0 Å². The van der Waals surface area contributed by atoms with Crippen LogP contribution in [0.25, 0.3) is 16.6 Å². The summed E-state index contributed by atoms with van der Waals surface area (Å²) in [5, 5.41) is 3.31. The van der Waals surface area contributed by atoms with Crippen molar-refractivity contribution in [2.24, 2.45) is 0 Å². The summed E-state index contributed by atoms with van der Waals surface area (Å²) in [5.41, 5.74) is 2.98. The molecule has 0 bridgehead atoms. The van der Waals surface area contributed by atoms with E-state index in [0.29, 0.717) is 18.6 Å². The molecule has 1 aromatic heterocycles. The highest BCUT2D eigenvalue weighted by Crippen LogP contribution is 2.38. The van der Waals surface area contributed by atoms with Gasteiger partial charge in [0.05, 0.1) is 35.0 Å². The number of fused-ring (bicyclic) bond motifs is 1. The van der Waals surface area contributed by atoms with Gasteiger partial charge in [-0.25, -0.2) is 4.98 Å². The minimum absolute atomic E-state index is 0.0477. The van der Waals surface area contributed by atoms with E-state index in [9.17, 15) is 18.0 Å². The largest absolute Gasteiger partial charge is 0.416 e. The maximum atomic E-state index is 13.7. The number of aromatic nitrogens is 2. The fraction of sp³-hybridized carbons (Fsp3) is 0.385. The van der Waals surface area contributed by atoms with Crippen LogP contribution in [0.5, 0.6) is 0 Å². The molecule has 1 amide bonds. The molecule has 2 aliphatic heterocycles. The molecule has 9 heteroatoms. The standard InChI is InChI=1S/C26H26ClF3N4O/c1-16(20-6-5-19(27)14-21(20)26(28,29)30)34-15-32-22-7-4-18(13-24(22)34)17-8-11-33(12-9-17)25(35)23-3-2-10-31-23/h4-8,13-16,23,31H,2-3,9-12H2,1H3/t16?,23-/m1/s1. The van der Waals surface area contributed by atoms with Gasteiger partial charge in [-0.05, 0) is 73.7 Å². The fourth-order valence-electron chi connectivity index (χ4n) is 5.07. The van der Waals surface area contributed by atoms with Gasteiger partial charge < -0.3 is 14.8 Å². The van der Waals surface area contributed by atoms with Crippen LogP contribution in [0.2, 0.25) is 5.02 Å². The first-order chi connectivity index (χ1) is 16.7. The molecule has 3 aromatic rings. The number of nitrogens with zero attached hydrogens (tertiary/aromatic N) is 3. The average molecular weight is 503 g/mol. The predicted molar refractivity (Wildman–Crippen MR) is 130 cm³/mol. The maximum absolute atomic E-state index is 13.7. The van der Waals surface area contributed by atoms with Crippen LogP contribution >= 0.6 is 11.6 Å². The van der Waals surface area contributed by atoms with E-state index in [0.717, 1.165) is 48.5 Å². The molecule has 2 atom stereocenters. The molecular formula is C26H26ClF3N4O. The van der Waals surface area contributed by atoms with Crippen LogP contribution < -0.4 is 5.32 Å². The van der Waals surface area contributed by atoms with E-state index in [1.165, 1.54) is 12.1 Å². The van der Waals surface area contributed by atoms with Crippen molar-refractivity contribution in [3.63, 3.8) is 0 Å². The second-order valence-electron chi connectivity index (χ2n) is 9.17. The molecule has 0 saturated carbocycles. The molecular weight excluding hydrogens is 477 g/mol. The van der Waals surface area contributed by atoms with E-state index in [1.54, 1.807) is 17.8 Å². The van der Waals surface area contributed by atoms with Crippen LogP contribution in [0.1, 0.15) is 48.9 Å². The van der Waals surface area contributed by atoms with Crippen molar-refractivity contribution < 1.29 is 18.0 Å². The molecule has 3 heterocycles. The van der Waals surface area contributed by atoms with Crippen molar-refractivity contribution in [2.75, 3.05) is 19.6 Å². The van der Waals surface area contributed by atoms with Crippen LogP contribution in [0.4, 0.5) is 13.2 Å². The van der Waals surface area contributed by atoms with Gasteiger partial charge >= 0.3 is 6.18 Å². The summed E-state index contributed by atoms with van der Waals surface area (Å²) in [6.45, 7) is 3.82. The highest BCUT2D eigenvalue weighted by molar-refractivity contribution is 6.30. The maximum Gasteiger partial charge on any atom is 0.416 e. The Kier molecular flexibility index (Phi) is 6.36. The van der Waals surface area contributed by atoms with Gasteiger partial charge in [0.25, 0.3) is 0 Å². The van der Waals surface area contributed by atoms with Crippen LogP contribution in [0, 0.1) is 0 Å². The Morgan fingerprint density at radius 1 is 1.23 bits per heavy atom. The molecule has 0 radical (unpaired) electrons. The van der Waals surface area contributed by atoms with Crippen molar-refractivity contribution in [2.45, 2.75) is 44.4 Å². The first kappa shape index (κ1) is 23.9. The number of hydrogen-bond donors (Lipinski definition) is 1. The zero-order valence-electron chi connectivity index (χ0n) is 19.3. The number of halogens is 4. The highest BCUT2D eigenvalue weighted by Gasteiger charge is 2.35. The minimum Gasteiger partial charge on any atom is -0.337 e. The summed E-state index contributed by atoms with van der Waals surface area (Å²) in [5.74, 6) is 0.156. The normalized spacial score (nSPS) is 19.7. The van der Waals surface area contributed by atoms with Crippen LogP contribution in [0.3, 0.4) is 0 Å². The van der Waals surface area contributed by atoms with E-state index < -0.39 is 17.8 Å². The van der Waals surface area contributed by atoms with Gasteiger partial charge in [0.2, 0.25) is 5.91 Å². The Balaban J connectivity index is 1.43. The molecule has 1 N–H and O–H groups in total. The number of imidazole rings is 1. The number of benzene rings is 2. The number of hydrogen-bond acceptors (Lipinski definition) is 3. The Bertz CT molecular complexity index is 1290. The number of nitrogens with one attached hydrogen (secondary N) is 1. The van der Waals surface area contributed by atoms with Gasteiger partial charge in [-0.3, -0.25) is 4.79 Å². The van der Waals surface area contributed by atoms with Gasteiger partial charge in [0.15, 0.2) is 0 Å². The smallest absolute Gasteiger partial charge is 0.337 e. The van der Waals surface area contributed by atoms with Crippen LogP contribution in [-0.2, 0) is 11.0 Å². The van der Waals surface area contributed by atoms with E-state index in [-0.39, 0.29) is 22.5 Å². The summed E-state index contributed by atoms with van der Waals surface area (Å²) >= 11 is 5.87. The molecule has 35 heavy (non-hydrogen) atoms. The molecule has 2 aromatic carbocycles. The minimum atomic E-state index is -4.51. The summed E-state index contributed by atoms with van der Waals surface area (Å²) in [6.07, 6.45) is 1.77. The van der Waals surface area contributed by atoms with Gasteiger partial charge in [-0.2, -0.15) is 13.2 Å². The zero-order chi connectivity index (χ0) is 24.7. The average Bonchev–Trinajstić information content (AvgIpc) is 3.53. The molecule has 1 saturated heterocycles. The van der Waals surface area contributed by atoms with Gasteiger partial charge in [-0.15, -0.1) is 0 Å². The van der Waals surface area contributed by atoms with Gasteiger partial charge in [-0.1, -0.05) is 29.8 Å². The third-order valence-electron chi connectivity index (χ3n) is 7.01. The summed E-state index contributed by atoms with van der Waals surface area (Å²) < 4.78 is 42.9. The molecule has 5 nitrogen and oxygen atoms in total. The van der Waals surface area contributed by atoms with E-state index in [1.807, 2.05) is 23.1 Å². The van der Waals surface area contributed by atoms with Crippen molar-refractivity contribution in [1.29, 1.82) is 0 Å². The first-order valence-corrected chi connectivity index (χ1v) is 12.1. The third kappa shape index (κ3) is 4.69. The van der Waals surface area contributed by atoms with Gasteiger partial charge in [0, 0.05) is 18.1 Å². The first-order valence-electron chi connectivity index (χ1n) is 11.8. The number of carbonyl (C=O) groups is 1.